The molecule has 2 heterocycles. The molecule has 2 aromatic heterocycles. The molecule has 0 atom stereocenters. The molecule has 1 N–H and O–H groups in total. The van der Waals surface area contributed by atoms with E-state index in [9.17, 15) is 9.59 Å². The van der Waals surface area contributed by atoms with Crippen LogP contribution in [0.4, 0.5) is 0 Å². The third kappa shape index (κ3) is 2.19. The van der Waals surface area contributed by atoms with Crippen molar-refractivity contribution in [3.63, 3.8) is 0 Å². The van der Waals surface area contributed by atoms with Gasteiger partial charge in [-0.1, -0.05) is 30.3 Å². The van der Waals surface area contributed by atoms with Crippen molar-refractivity contribution in [2.75, 3.05) is 6.61 Å². The lowest BCUT2D eigenvalue weighted by molar-refractivity contribution is 0.274. The Kier molecular flexibility index (Phi) is 3.51. The molecule has 0 fully saturated rings. The molecule has 8 heteroatoms. The van der Waals surface area contributed by atoms with Gasteiger partial charge in [-0.15, -0.1) is 10.2 Å². The predicted molar refractivity (Wildman–Crippen MR) is 79.4 cm³/mol. The summed E-state index contributed by atoms with van der Waals surface area (Å²) in [6, 6.07) is 9.12. The summed E-state index contributed by atoms with van der Waals surface area (Å²) < 4.78 is 2.13. The number of aromatic nitrogens is 5. The highest BCUT2D eigenvalue weighted by molar-refractivity contribution is 5.71. The maximum atomic E-state index is 12.2. The van der Waals surface area contributed by atoms with Crippen LogP contribution in [0.5, 0.6) is 0 Å². The average Bonchev–Trinajstić information content (AvgIpc) is 2.57. The quantitative estimate of drug-likeness (QED) is 0.702. The first-order valence-corrected chi connectivity index (χ1v) is 6.64. The monoisotopic (exact) mass is 299 g/mol. The molecular weight excluding hydrogens is 286 g/mol. The zero-order valence-corrected chi connectivity index (χ0v) is 11.8. The molecule has 0 saturated carbocycles. The van der Waals surface area contributed by atoms with E-state index in [4.69, 9.17) is 5.11 Å². The van der Waals surface area contributed by atoms with Crippen molar-refractivity contribution in [1.29, 1.82) is 0 Å². The van der Waals surface area contributed by atoms with E-state index in [1.165, 1.54) is 11.6 Å². The normalized spacial score (nSPS) is 11.0. The smallest absolute Gasteiger partial charge is 0.332 e. The Morgan fingerprint density at radius 2 is 1.86 bits per heavy atom. The second-order valence-corrected chi connectivity index (χ2v) is 4.70. The largest absolute Gasteiger partial charge is 0.395 e. The molecule has 3 aromatic rings. The topological polar surface area (TPSA) is 103 Å². The molecule has 0 bridgehead atoms. The predicted octanol–water partition coefficient (Wildman–Crippen LogP) is -0.456. The lowest BCUT2D eigenvalue weighted by Crippen LogP contribution is -2.39. The number of hydrogen-bond donors (Lipinski definition) is 1. The molecule has 1 aromatic carbocycles. The fourth-order valence-corrected chi connectivity index (χ4v) is 2.17. The minimum Gasteiger partial charge on any atom is -0.395 e. The molecule has 0 radical (unpaired) electrons. The number of benzene rings is 1. The SMILES string of the molecule is Cn1c(=O)c2nc(-c3ccccc3)nnc2n(CCO)c1=O. The van der Waals surface area contributed by atoms with Gasteiger partial charge in [0.25, 0.3) is 5.56 Å². The molecule has 0 aliphatic rings. The van der Waals surface area contributed by atoms with Gasteiger partial charge < -0.3 is 5.11 Å². The van der Waals surface area contributed by atoms with Crippen molar-refractivity contribution in [3.8, 4) is 11.4 Å². The van der Waals surface area contributed by atoms with E-state index in [1.54, 1.807) is 12.1 Å². The number of fused-ring (bicyclic) bond motifs is 1. The first kappa shape index (κ1) is 14.1. The first-order valence-electron chi connectivity index (χ1n) is 6.64. The van der Waals surface area contributed by atoms with E-state index in [0.29, 0.717) is 5.82 Å². The second kappa shape index (κ2) is 5.49. The zero-order chi connectivity index (χ0) is 15.7. The molecule has 3 rings (SSSR count). The van der Waals surface area contributed by atoms with Gasteiger partial charge in [-0.2, -0.15) is 0 Å². The van der Waals surface area contributed by atoms with Crippen molar-refractivity contribution in [2.24, 2.45) is 7.05 Å². The van der Waals surface area contributed by atoms with Gasteiger partial charge in [0.05, 0.1) is 13.2 Å². The van der Waals surface area contributed by atoms with Crippen LogP contribution in [-0.2, 0) is 13.6 Å². The van der Waals surface area contributed by atoms with Crippen molar-refractivity contribution >= 4 is 11.2 Å². The lowest BCUT2D eigenvalue weighted by atomic mass is 10.2. The summed E-state index contributed by atoms with van der Waals surface area (Å²) in [5, 5.41) is 17.0. The van der Waals surface area contributed by atoms with Gasteiger partial charge in [0.15, 0.2) is 17.0 Å². The standard InChI is InChI=1S/C14H13N5O3/c1-18-13(21)10-12(19(7-8-20)14(18)22)17-16-11(15-10)9-5-3-2-4-6-9/h2-6,20H,7-8H2,1H3. The lowest BCUT2D eigenvalue weighted by Gasteiger charge is -2.09. The summed E-state index contributed by atoms with van der Waals surface area (Å²) in [7, 11) is 1.36. The van der Waals surface area contributed by atoms with Crippen LogP contribution in [0.25, 0.3) is 22.6 Å². The van der Waals surface area contributed by atoms with Crippen LogP contribution in [0.2, 0.25) is 0 Å². The van der Waals surface area contributed by atoms with Gasteiger partial charge in [-0.3, -0.25) is 13.9 Å². The molecule has 0 unspecified atom stereocenters. The highest BCUT2D eigenvalue weighted by atomic mass is 16.3. The molecule has 22 heavy (non-hydrogen) atoms. The van der Waals surface area contributed by atoms with Crippen LogP contribution in [0, 0.1) is 0 Å². The molecule has 0 aliphatic carbocycles. The number of rotatable bonds is 3. The Bertz CT molecular complexity index is 946. The third-order valence-corrected chi connectivity index (χ3v) is 3.31. The van der Waals surface area contributed by atoms with Gasteiger partial charge >= 0.3 is 5.69 Å². The molecule has 0 spiro atoms. The molecule has 0 saturated heterocycles. The highest BCUT2D eigenvalue weighted by Gasteiger charge is 2.15. The molecule has 0 aliphatic heterocycles. The molecule has 112 valence electrons. The summed E-state index contributed by atoms with van der Waals surface area (Å²) in [6.07, 6.45) is 0. The minimum absolute atomic E-state index is 0.0184. The summed E-state index contributed by atoms with van der Waals surface area (Å²) >= 11 is 0. The van der Waals surface area contributed by atoms with Crippen LogP contribution < -0.4 is 11.2 Å². The summed E-state index contributed by atoms with van der Waals surface area (Å²) in [4.78, 5) is 28.6. The Morgan fingerprint density at radius 3 is 2.55 bits per heavy atom. The van der Waals surface area contributed by atoms with Gasteiger partial charge in [0.2, 0.25) is 0 Å². The highest BCUT2D eigenvalue weighted by Crippen LogP contribution is 2.14. The molecule has 8 nitrogen and oxygen atoms in total. The Balaban J connectivity index is 2.34. The van der Waals surface area contributed by atoms with E-state index >= 15 is 0 Å². The van der Waals surface area contributed by atoms with Gasteiger partial charge in [0, 0.05) is 12.6 Å². The van der Waals surface area contributed by atoms with Crippen LogP contribution >= 0.6 is 0 Å². The maximum absolute atomic E-state index is 12.2. The Hall–Kier alpha value is -2.87. The van der Waals surface area contributed by atoms with Crippen LogP contribution in [0.15, 0.2) is 39.9 Å². The third-order valence-electron chi connectivity index (χ3n) is 3.31. The fourth-order valence-electron chi connectivity index (χ4n) is 2.17. The second-order valence-electron chi connectivity index (χ2n) is 4.70. The van der Waals surface area contributed by atoms with Crippen LogP contribution in [0.1, 0.15) is 0 Å². The number of aliphatic hydroxyl groups is 1. The minimum atomic E-state index is -0.560. The van der Waals surface area contributed by atoms with E-state index < -0.39 is 11.2 Å². The number of nitrogens with zero attached hydrogens (tertiary/aromatic N) is 5. The first-order chi connectivity index (χ1) is 10.6. The van der Waals surface area contributed by atoms with E-state index in [2.05, 4.69) is 15.2 Å². The number of aliphatic hydroxyl groups excluding tert-OH is 1. The molecular formula is C14H13N5O3. The van der Waals surface area contributed by atoms with Gasteiger partial charge in [0.1, 0.15) is 0 Å². The van der Waals surface area contributed by atoms with Gasteiger partial charge in [-0.05, 0) is 0 Å². The van der Waals surface area contributed by atoms with Crippen molar-refractivity contribution in [3.05, 3.63) is 51.2 Å². The summed E-state index contributed by atoms with van der Waals surface area (Å²) in [5.74, 6) is 0.305. The van der Waals surface area contributed by atoms with E-state index in [-0.39, 0.29) is 24.3 Å². The average molecular weight is 299 g/mol. The Labute approximate surface area is 124 Å². The molecule has 0 amide bonds. The van der Waals surface area contributed by atoms with E-state index in [0.717, 1.165) is 10.1 Å². The summed E-state index contributed by atoms with van der Waals surface area (Å²) in [5.41, 5.74) is -0.263. The van der Waals surface area contributed by atoms with Crippen LogP contribution in [0.3, 0.4) is 0 Å². The van der Waals surface area contributed by atoms with Crippen molar-refractivity contribution in [2.45, 2.75) is 6.54 Å². The summed E-state index contributed by atoms with van der Waals surface area (Å²) in [6.45, 7) is -0.236. The Morgan fingerprint density at radius 1 is 1.14 bits per heavy atom. The van der Waals surface area contributed by atoms with E-state index in [1.807, 2.05) is 18.2 Å². The van der Waals surface area contributed by atoms with Crippen molar-refractivity contribution < 1.29 is 5.11 Å². The fraction of sp³-hybridized carbons (Fsp3) is 0.214. The van der Waals surface area contributed by atoms with Gasteiger partial charge in [-0.25, -0.2) is 9.78 Å². The van der Waals surface area contributed by atoms with Crippen LogP contribution in [-0.4, -0.2) is 36.0 Å². The maximum Gasteiger partial charge on any atom is 0.332 e. The van der Waals surface area contributed by atoms with Crippen molar-refractivity contribution in [1.82, 2.24) is 24.3 Å². The zero-order valence-electron chi connectivity index (χ0n) is 11.8. The number of hydrogen-bond acceptors (Lipinski definition) is 6.